The van der Waals surface area contributed by atoms with Gasteiger partial charge in [-0.25, -0.2) is 0 Å². The first-order valence-corrected chi connectivity index (χ1v) is 6.17. The van der Waals surface area contributed by atoms with Crippen LogP contribution in [0.2, 0.25) is 0 Å². The molecule has 0 saturated carbocycles. The van der Waals surface area contributed by atoms with E-state index in [1.165, 1.54) is 24.3 Å². The molecule has 1 saturated heterocycles. The Labute approximate surface area is 98.9 Å². The van der Waals surface area contributed by atoms with Gasteiger partial charge in [-0.2, -0.15) is 8.42 Å². The van der Waals surface area contributed by atoms with Gasteiger partial charge in [-0.05, 0) is 6.07 Å². The summed E-state index contributed by atoms with van der Waals surface area (Å²) < 4.78 is 39.3. The lowest BCUT2D eigenvalue weighted by Crippen LogP contribution is -2.01. The number of rotatable bonds is 2. The van der Waals surface area contributed by atoms with Crippen molar-refractivity contribution >= 4 is 16.4 Å². The summed E-state index contributed by atoms with van der Waals surface area (Å²) in [7, 11) is -4.28. The fourth-order valence-corrected chi connectivity index (χ4v) is 1.77. The molecule has 1 fully saturated rings. The molecule has 1 N–H and O–H groups in total. The number of aldehydes is 1. The van der Waals surface area contributed by atoms with Crippen molar-refractivity contribution in [3.63, 3.8) is 0 Å². The zero-order chi connectivity index (χ0) is 12.7. The van der Waals surface area contributed by atoms with Gasteiger partial charge in [-0.15, -0.1) is 0 Å². The molecule has 6 nitrogen and oxygen atoms in total. The van der Waals surface area contributed by atoms with E-state index in [9.17, 15) is 13.2 Å². The van der Waals surface area contributed by atoms with Gasteiger partial charge in [-0.3, -0.25) is 9.35 Å². The van der Waals surface area contributed by atoms with E-state index in [2.05, 4.69) is 0 Å². The molecule has 1 aromatic carbocycles. The average Bonchev–Trinajstić information content (AvgIpc) is 2.86. The molecule has 0 bridgehead atoms. The first kappa shape index (κ1) is 13.8. The van der Waals surface area contributed by atoms with E-state index < -0.39 is 10.1 Å². The molecule has 94 valence electrons. The maximum atomic E-state index is 10.6. The normalized spacial score (nSPS) is 14.9. The van der Waals surface area contributed by atoms with Crippen LogP contribution in [0.5, 0.6) is 0 Å². The molecular formula is C10H12O6S. The van der Waals surface area contributed by atoms with Crippen LogP contribution in [0.15, 0.2) is 29.2 Å². The Morgan fingerprint density at radius 1 is 1.18 bits per heavy atom. The van der Waals surface area contributed by atoms with E-state index >= 15 is 0 Å². The van der Waals surface area contributed by atoms with E-state index in [0.717, 1.165) is 13.2 Å². The Kier molecular flexibility index (Phi) is 5.23. The van der Waals surface area contributed by atoms with Crippen molar-refractivity contribution in [1.82, 2.24) is 0 Å². The van der Waals surface area contributed by atoms with Crippen LogP contribution in [-0.2, 0) is 19.6 Å². The molecule has 17 heavy (non-hydrogen) atoms. The van der Waals surface area contributed by atoms with Gasteiger partial charge in [-0.1, -0.05) is 18.2 Å². The summed E-state index contributed by atoms with van der Waals surface area (Å²) in [5.41, 5.74) is -0.0417. The summed E-state index contributed by atoms with van der Waals surface area (Å²) in [5, 5.41) is 0. The predicted octanol–water partition coefficient (Wildman–Crippen LogP) is 0.737. The fraction of sp³-hybridized carbons (Fsp3) is 0.300. The number of carbonyl (C=O) groups excluding carboxylic acids is 1. The molecule has 0 aromatic heterocycles. The van der Waals surface area contributed by atoms with Crippen LogP contribution in [0.1, 0.15) is 10.4 Å². The van der Waals surface area contributed by atoms with Gasteiger partial charge >= 0.3 is 0 Å². The van der Waals surface area contributed by atoms with E-state index in [1.54, 1.807) is 0 Å². The minimum atomic E-state index is -4.28. The van der Waals surface area contributed by atoms with Gasteiger partial charge in [0.15, 0.2) is 6.29 Å². The molecule has 1 aliphatic heterocycles. The van der Waals surface area contributed by atoms with Crippen molar-refractivity contribution < 1.29 is 27.2 Å². The van der Waals surface area contributed by atoms with Gasteiger partial charge in [0.05, 0.1) is 13.2 Å². The Hall–Kier alpha value is -1.28. The standard InChI is InChI=1S/C7H6O4S.C3H6O2/c8-5-6-3-1-2-4-7(6)12(9,10)11;1-2-5-3-4-1/h1-5H,(H,9,10,11);1-3H2. The topological polar surface area (TPSA) is 89.9 Å². The van der Waals surface area contributed by atoms with Crippen LogP contribution in [0.25, 0.3) is 0 Å². The van der Waals surface area contributed by atoms with Crippen LogP contribution in [0.4, 0.5) is 0 Å². The van der Waals surface area contributed by atoms with E-state index in [-0.39, 0.29) is 10.5 Å². The monoisotopic (exact) mass is 260 g/mol. The summed E-state index contributed by atoms with van der Waals surface area (Å²) in [6.45, 7) is 2.06. The highest BCUT2D eigenvalue weighted by molar-refractivity contribution is 7.86. The number of hydrogen-bond acceptors (Lipinski definition) is 5. The highest BCUT2D eigenvalue weighted by Crippen LogP contribution is 2.12. The van der Waals surface area contributed by atoms with Crippen molar-refractivity contribution in [2.24, 2.45) is 0 Å². The Morgan fingerprint density at radius 3 is 2.12 bits per heavy atom. The quantitative estimate of drug-likeness (QED) is 0.623. The third-order valence-corrected chi connectivity index (χ3v) is 2.79. The van der Waals surface area contributed by atoms with Crippen LogP contribution >= 0.6 is 0 Å². The smallest absolute Gasteiger partial charge is 0.295 e. The van der Waals surface area contributed by atoms with Crippen LogP contribution < -0.4 is 0 Å². The molecule has 1 aliphatic rings. The van der Waals surface area contributed by atoms with Crippen molar-refractivity contribution in [3.8, 4) is 0 Å². The van der Waals surface area contributed by atoms with Gasteiger partial charge in [0, 0.05) is 5.56 Å². The molecule has 0 amide bonds. The third-order valence-electron chi connectivity index (χ3n) is 1.86. The van der Waals surface area contributed by atoms with Gasteiger partial charge < -0.3 is 9.47 Å². The maximum Gasteiger partial charge on any atom is 0.295 e. The molecule has 0 aliphatic carbocycles. The van der Waals surface area contributed by atoms with Gasteiger partial charge in [0.25, 0.3) is 10.1 Å². The Bertz CT molecular complexity index is 456. The molecule has 0 unspecified atom stereocenters. The molecule has 2 rings (SSSR count). The summed E-state index contributed by atoms with van der Waals surface area (Å²) in [4.78, 5) is 9.94. The summed E-state index contributed by atoms with van der Waals surface area (Å²) in [6, 6.07) is 5.42. The van der Waals surface area contributed by atoms with Crippen LogP contribution in [-0.4, -0.2) is 39.3 Å². The molecule has 0 radical (unpaired) electrons. The molecule has 1 heterocycles. The van der Waals surface area contributed by atoms with Crippen LogP contribution in [0.3, 0.4) is 0 Å². The Morgan fingerprint density at radius 2 is 1.76 bits per heavy atom. The van der Waals surface area contributed by atoms with Crippen molar-refractivity contribution in [2.45, 2.75) is 4.90 Å². The van der Waals surface area contributed by atoms with Gasteiger partial charge in [0.1, 0.15) is 11.7 Å². The van der Waals surface area contributed by atoms with Crippen molar-refractivity contribution in [1.29, 1.82) is 0 Å². The zero-order valence-corrected chi connectivity index (χ0v) is 9.72. The van der Waals surface area contributed by atoms with Crippen LogP contribution in [0, 0.1) is 0 Å². The summed E-state index contributed by atoms with van der Waals surface area (Å²) in [5.74, 6) is 0. The molecule has 1 aromatic rings. The highest BCUT2D eigenvalue weighted by atomic mass is 32.2. The van der Waals surface area contributed by atoms with Crippen molar-refractivity contribution in [3.05, 3.63) is 29.8 Å². The molecule has 0 spiro atoms. The molecular weight excluding hydrogens is 248 g/mol. The lowest BCUT2D eigenvalue weighted by Gasteiger charge is -1.98. The van der Waals surface area contributed by atoms with E-state index in [1.807, 2.05) is 0 Å². The Balaban J connectivity index is 0.000000239. The van der Waals surface area contributed by atoms with Gasteiger partial charge in [0.2, 0.25) is 0 Å². The fourth-order valence-electron chi connectivity index (χ4n) is 1.11. The lowest BCUT2D eigenvalue weighted by atomic mass is 10.2. The minimum Gasteiger partial charge on any atom is -0.353 e. The average molecular weight is 260 g/mol. The summed E-state index contributed by atoms with van der Waals surface area (Å²) >= 11 is 0. The van der Waals surface area contributed by atoms with E-state index in [4.69, 9.17) is 14.0 Å². The second kappa shape index (κ2) is 6.45. The molecule has 7 heteroatoms. The number of benzene rings is 1. The van der Waals surface area contributed by atoms with E-state index in [0.29, 0.717) is 13.1 Å². The minimum absolute atomic E-state index is 0.0417. The second-order valence-corrected chi connectivity index (χ2v) is 4.46. The SMILES string of the molecule is C1COCO1.O=Cc1ccccc1S(=O)(=O)O. The summed E-state index contributed by atoms with van der Waals surface area (Å²) in [6.07, 6.45) is 0.378. The van der Waals surface area contributed by atoms with Crippen molar-refractivity contribution in [2.75, 3.05) is 20.0 Å². The maximum absolute atomic E-state index is 10.6. The highest BCUT2D eigenvalue weighted by Gasteiger charge is 2.13. The number of carbonyl (C=O) groups is 1. The third kappa shape index (κ3) is 4.61. The zero-order valence-electron chi connectivity index (χ0n) is 8.90. The largest absolute Gasteiger partial charge is 0.353 e. The number of ether oxygens (including phenoxy) is 2. The second-order valence-electron chi connectivity index (χ2n) is 3.07. The predicted molar refractivity (Wildman–Crippen MR) is 58.4 cm³/mol. The first-order valence-electron chi connectivity index (χ1n) is 4.73. The lowest BCUT2D eigenvalue weighted by molar-refractivity contribution is 0.0692. The molecule has 0 atom stereocenters. The first-order chi connectivity index (χ1) is 8.05. The number of hydrogen-bond donors (Lipinski definition) is 1.